The molecule has 0 bridgehead atoms. The van der Waals surface area contributed by atoms with Crippen molar-refractivity contribution in [1.29, 1.82) is 5.26 Å². The van der Waals surface area contributed by atoms with Crippen LogP contribution >= 0.6 is 0 Å². The third-order valence-electron chi connectivity index (χ3n) is 4.09. The number of carbonyl (C=O) groups excluding carboxylic acids is 3. The molecule has 8 nitrogen and oxygen atoms in total. The monoisotopic (exact) mass is 418 g/mol. The van der Waals surface area contributed by atoms with Crippen LogP contribution in [0.15, 0.2) is 24.4 Å². The molecule has 0 unspecified atom stereocenters. The highest BCUT2D eigenvalue weighted by Crippen LogP contribution is 2.20. The van der Waals surface area contributed by atoms with E-state index in [1.807, 2.05) is 0 Å². The molecule has 0 saturated heterocycles. The summed E-state index contributed by atoms with van der Waals surface area (Å²) in [4.78, 5) is 37.1. The van der Waals surface area contributed by atoms with Gasteiger partial charge in [0.1, 0.15) is 17.6 Å². The van der Waals surface area contributed by atoms with Crippen molar-refractivity contribution < 1.29 is 27.9 Å². The van der Waals surface area contributed by atoms with Crippen molar-refractivity contribution >= 4 is 23.3 Å². The van der Waals surface area contributed by atoms with Crippen LogP contribution in [-0.4, -0.2) is 41.4 Å². The lowest BCUT2D eigenvalue weighted by atomic mass is 10.1. The number of hydrogen-bond donors (Lipinski definition) is 2. The van der Waals surface area contributed by atoms with Gasteiger partial charge in [0.2, 0.25) is 0 Å². The first-order valence-corrected chi connectivity index (χ1v) is 8.72. The first kappa shape index (κ1) is 22.7. The fraction of sp³-hybridized carbons (Fsp3) is 0.300. The van der Waals surface area contributed by atoms with Crippen LogP contribution in [0.2, 0.25) is 0 Å². The predicted octanol–water partition coefficient (Wildman–Crippen LogP) is 2.15. The molecule has 158 valence electrons. The van der Waals surface area contributed by atoms with Gasteiger partial charge in [-0.15, -0.1) is 0 Å². The van der Waals surface area contributed by atoms with Gasteiger partial charge in [-0.05, 0) is 32.0 Å². The summed E-state index contributed by atoms with van der Waals surface area (Å²) in [5.74, 6) is -5.09. The normalized spacial score (nSPS) is 11.0. The molecular weight excluding hydrogens is 398 g/mol. The number of carbonyl (C=O) groups is 3. The highest BCUT2D eigenvalue weighted by atomic mass is 19.1. The van der Waals surface area contributed by atoms with Crippen molar-refractivity contribution in [2.45, 2.75) is 19.4 Å². The van der Waals surface area contributed by atoms with Crippen LogP contribution in [0.25, 0.3) is 0 Å². The number of amides is 2. The summed E-state index contributed by atoms with van der Waals surface area (Å²) >= 11 is 0. The van der Waals surface area contributed by atoms with Crippen LogP contribution in [-0.2, 0) is 16.6 Å². The number of benzene rings is 1. The van der Waals surface area contributed by atoms with E-state index in [1.165, 1.54) is 20.2 Å². The minimum atomic E-state index is -1.18. The number of halogens is 2. The Morgan fingerprint density at radius 3 is 2.53 bits per heavy atom. The minimum absolute atomic E-state index is 0.0606. The maximum absolute atomic E-state index is 14.8. The Balaban J connectivity index is 2.26. The SMILES string of the molecule is COCC(C)(C)NC(=O)C(=O)c1cn(C)c(C(=O)Nc2ccc(F)c(C#N)c2)c1F. The van der Waals surface area contributed by atoms with Gasteiger partial charge in [-0.25, -0.2) is 8.78 Å². The molecule has 0 aliphatic carbocycles. The van der Waals surface area contributed by atoms with E-state index in [9.17, 15) is 23.2 Å². The van der Waals surface area contributed by atoms with Gasteiger partial charge in [-0.2, -0.15) is 5.26 Å². The number of aromatic nitrogens is 1. The average molecular weight is 418 g/mol. The lowest BCUT2D eigenvalue weighted by molar-refractivity contribution is -0.119. The number of anilines is 1. The van der Waals surface area contributed by atoms with Gasteiger partial charge in [0, 0.05) is 26.0 Å². The van der Waals surface area contributed by atoms with Gasteiger partial charge in [0.15, 0.2) is 5.82 Å². The molecule has 2 amide bonds. The molecule has 0 aliphatic heterocycles. The maximum atomic E-state index is 14.8. The second-order valence-corrected chi connectivity index (χ2v) is 7.18. The number of methoxy groups -OCH3 is 1. The molecule has 0 aliphatic rings. The zero-order valence-electron chi connectivity index (χ0n) is 16.8. The molecule has 2 N–H and O–H groups in total. The summed E-state index contributed by atoms with van der Waals surface area (Å²) in [6, 6.07) is 4.90. The van der Waals surface area contributed by atoms with E-state index in [0.29, 0.717) is 0 Å². The summed E-state index contributed by atoms with van der Waals surface area (Å²) in [6.07, 6.45) is 1.03. The standard InChI is InChI=1S/C20H20F2N4O4/c1-20(2,10-30-4)25-19(29)17(27)13-9-26(3)16(15(13)22)18(28)24-12-5-6-14(21)11(7-12)8-23/h5-7,9H,10H2,1-4H3,(H,24,28)(H,25,29). The Bertz CT molecular complexity index is 1050. The highest BCUT2D eigenvalue weighted by molar-refractivity contribution is 6.43. The van der Waals surface area contributed by atoms with Crippen LogP contribution < -0.4 is 10.6 Å². The molecule has 2 aromatic rings. The second kappa shape index (κ2) is 8.84. The zero-order chi connectivity index (χ0) is 22.6. The summed E-state index contributed by atoms with van der Waals surface area (Å²) in [6.45, 7) is 3.37. The summed E-state index contributed by atoms with van der Waals surface area (Å²) < 4.78 is 34.2. The van der Waals surface area contributed by atoms with Crippen LogP contribution in [0, 0.1) is 23.0 Å². The second-order valence-electron chi connectivity index (χ2n) is 7.18. The van der Waals surface area contributed by atoms with Gasteiger partial charge in [0.05, 0.1) is 23.3 Å². The van der Waals surface area contributed by atoms with Crippen molar-refractivity contribution in [2.75, 3.05) is 19.0 Å². The highest BCUT2D eigenvalue weighted by Gasteiger charge is 2.31. The molecule has 0 atom stereocenters. The average Bonchev–Trinajstić information content (AvgIpc) is 2.96. The van der Waals surface area contributed by atoms with E-state index >= 15 is 0 Å². The zero-order valence-corrected chi connectivity index (χ0v) is 16.8. The van der Waals surface area contributed by atoms with Gasteiger partial charge in [0.25, 0.3) is 17.6 Å². The molecule has 0 radical (unpaired) electrons. The van der Waals surface area contributed by atoms with Crippen molar-refractivity contribution in [3.63, 3.8) is 0 Å². The Kier molecular flexibility index (Phi) is 6.69. The number of aryl methyl sites for hydroxylation is 1. The molecule has 0 spiro atoms. The van der Waals surface area contributed by atoms with E-state index in [1.54, 1.807) is 19.9 Å². The number of Topliss-reactive ketones (excluding diaryl/α,β-unsaturated/α-hetero) is 1. The Morgan fingerprint density at radius 2 is 1.93 bits per heavy atom. The van der Waals surface area contributed by atoms with Crippen molar-refractivity contribution in [1.82, 2.24) is 9.88 Å². The van der Waals surface area contributed by atoms with Crippen LogP contribution in [0.1, 0.15) is 40.3 Å². The van der Waals surface area contributed by atoms with E-state index in [-0.39, 0.29) is 17.9 Å². The summed E-state index contributed by atoms with van der Waals surface area (Å²) in [5, 5.41) is 13.6. The van der Waals surface area contributed by atoms with Gasteiger partial charge in [-0.3, -0.25) is 14.4 Å². The molecular formula is C20H20F2N4O4. The molecule has 0 saturated carbocycles. The summed E-state index contributed by atoms with van der Waals surface area (Å²) in [5.41, 5.74) is -2.19. The predicted molar refractivity (Wildman–Crippen MR) is 103 cm³/mol. The Morgan fingerprint density at radius 1 is 1.27 bits per heavy atom. The molecule has 1 heterocycles. The number of nitrogens with one attached hydrogen (secondary N) is 2. The van der Waals surface area contributed by atoms with Crippen molar-refractivity contribution in [3.8, 4) is 6.07 Å². The molecule has 1 aromatic carbocycles. The Labute approximate surface area is 171 Å². The fourth-order valence-electron chi connectivity index (χ4n) is 2.78. The number of nitrogens with zero attached hydrogens (tertiary/aromatic N) is 2. The Hall–Kier alpha value is -3.58. The van der Waals surface area contributed by atoms with Crippen molar-refractivity contribution in [2.24, 2.45) is 7.05 Å². The quantitative estimate of drug-likeness (QED) is 0.528. The van der Waals surface area contributed by atoms with Crippen LogP contribution in [0.5, 0.6) is 0 Å². The van der Waals surface area contributed by atoms with E-state index < -0.39 is 46.0 Å². The number of rotatable bonds is 7. The van der Waals surface area contributed by atoms with Gasteiger partial charge >= 0.3 is 0 Å². The van der Waals surface area contributed by atoms with Crippen LogP contribution in [0.4, 0.5) is 14.5 Å². The largest absolute Gasteiger partial charge is 0.382 e. The number of nitriles is 1. The first-order chi connectivity index (χ1) is 14.0. The van der Waals surface area contributed by atoms with E-state index in [4.69, 9.17) is 10.00 Å². The number of ketones is 1. The fourth-order valence-corrected chi connectivity index (χ4v) is 2.78. The lowest BCUT2D eigenvalue weighted by Crippen LogP contribution is -2.49. The third kappa shape index (κ3) is 4.87. The molecule has 10 heteroatoms. The van der Waals surface area contributed by atoms with E-state index in [0.717, 1.165) is 22.9 Å². The topological polar surface area (TPSA) is 113 Å². The molecule has 2 rings (SSSR count). The van der Waals surface area contributed by atoms with Gasteiger partial charge < -0.3 is 19.9 Å². The molecule has 0 fully saturated rings. The number of ether oxygens (including phenoxy) is 1. The molecule has 1 aromatic heterocycles. The lowest BCUT2D eigenvalue weighted by Gasteiger charge is -2.24. The molecule has 30 heavy (non-hydrogen) atoms. The van der Waals surface area contributed by atoms with E-state index in [2.05, 4.69) is 10.6 Å². The first-order valence-electron chi connectivity index (χ1n) is 8.72. The third-order valence-corrected chi connectivity index (χ3v) is 4.09. The van der Waals surface area contributed by atoms with Crippen LogP contribution in [0.3, 0.4) is 0 Å². The number of hydrogen-bond acceptors (Lipinski definition) is 5. The van der Waals surface area contributed by atoms with Gasteiger partial charge in [-0.1, -0.05) is 0 Å². The maximum Gasteiger partial charge on any atom is 0.293 e. The summed E-state index contributed by atoms with van der Waals surface area (Å²) in [7, 11) is 2.76. The minimum Gasteiger partial charge on any atom is -0.382 e. The van der Waals surface area contributed by atoms with Crippen molar-refractivity contribution in [3.05, 3.63) is 52.9 Å². The smallest absolute Gasteiger partial charge is 0.293 e.